The molecule has 0 atom stereocenters. The lowest BCUT2D eigenvalue weighted by molar-refractivity contribution is 0.216. The largest absolute Gasteiger partial charge is 0.488 e. The molecular weight excluding hydrogens is 387 g/mol. The lowest BCUT2D eigenvalue weighted by atomic mass is 10.1. The SMILES string of the molecule is Cc1cc(-c2cc(C)n(C)n2)ccc1OCc1c(F)cccc1N(N)C(=O)N(C)N. The Bertz CT molecular complexity index is 1060. The zero-order chi connectivity index (χ0) is 22.0. The van der Waals surface area contributed by atoms with Gasteiger partial charge in [0.2, 0.25) is 0 Å². The maximum Gasteiger partial charge on any atom is 0.352 e. The van der Waals surface area contributed by atoms with E-state index in [4.69, 9.17) is 16.4 Å². The van der Waals surface area contributed by atoms with E-state index >= 15 is 0 Å². The molecule has 0 aliphatic rings. The van der Waals surface area contributed by atoms with Crippen LogP contribution in [0.15, 0.2) is 42.5 Å². The number of rotatable bonds is 5. The smallest absolute Gasteiger partial charge is 0.352 e. The Morgan fingerprint density at radius 2 is 1.93 bits per heavy atom. The zero-order valence-electron chi connectivity index (χ0n) is 17.4. The Morgan fingerprint density at radius 3 is 2.53 bits per heavy atom. The first kappa shape index (κ1) is 21.3. The molecule has 0 saturated carbocycles. The van der Waals surface area contributed by atoms with E-state index in [9.17, 15) is 9.18 Å². The Hall–Kier alpha value is -3.43. The first-order valence-electron chi connectivity index (χ1n) is 9.28. The van der Waals surface area contributed by atoms with Gasteiger partial charge in [0, 0.05) is 25.4 Å². The van der Waals surface area contributed by atoms with Crippen molar-refractivity contribution in [3.8, 4) is 17.0 Å². The van der Waals surface area contributed by atoms with Crippen LogP contribution in [0.2, 0.25) is 0 Å². The van der Waals surface area contributed by atoms with E-state index < -0.39 is 11.8 Å². The molecule has 1 aromatic heterocycles. The average Bonchev–Trinajstić information content (AvgIpc) is 3.05. The predicted octanol–water partition coefficient (Wildman–Crippen LogP) is 3.03. The Balaban J connectivity index is 1.83. The van der Waals surface area contributed by atoms with E-state index in [1.54, 1.807) is 0 Å². The monoisotopic (exact) mass is 412 g/mol. The van der Waals surface area contributed by atoms with Gasteiger partial charge >= 0.3 is 6.03 Å². The van der Waals surface area contributed by atoms with Crippen LogP contribution in [0, 0.1) is 19.7 Å². The van der Waals surface area contributed by atoms with Crippen LogP contribution < -0.4 is 21.4 Å². The van der Waals surface area contributed by atoms with Crippen LogP contribution in [0.25, 0.3) is 11.3 Å². The van der Waals surface area contributed by atoms with E-state index in [0.29, 0.717) is 5.75 Å². The normalized spacial score (nSPS) is 10.8. The van der Waals surface area contributed by atoms with Gasteiger partial charge in [0.05, 0.1) is 16.9 Å². The summed E-state index contributed by atoms with van der Waals surface area (Å²) in [6.07, 6.45) is 0. The molecule has 0 spiro atoms. The predicted molar refractivity (Wildman–Crippen MR) is 113 cm³/mol. The van der Waals surface area contributed by atoms with Crippen LogP contribution in [0.4, 0.5) is 14.9 Å². The van der Waals surface area contributed by atoms with Crippen molar-refractivity contribution in [1.29, 1.82) is 0 Å². The van der Waals surface area contributed by atoms with Crippen molar-refractivity contribution in [3.63, 3.8) is 0 Å². The lowest BCUT2D eigenvalue weighted by Crippen LogP contribution is -2.49. The van der Waals surface area contributed by atoms with Crippen LogP contribution in [-0.4, -0.2) is 27.9 Å². The van der Waals surface area contributed by atoms with Crippen molar-refractivity contribution in [2.24, 2.45) is 18.7 Å². The molecule has 0 bridgehead atoms. The van der Waals surface area contributed by atoms with E-state index in [-0.39, 0.29) is 17.9 Å². The number of nitrogens with zero attached hydrogens (tertiary/aromatic N) is 4. The fourth-order valence-electron chi connectivity index (χ4n) is 3.01. The number of amides is 2. The summed E-state index contributed by atoms with van der Waals surface area (Å²) in [5.41, 5.74) is 4.08. The highest BCUT2D eigenvalue weighted by Crippen LogP contribution is 2.28. The second-order valence-corrected chi connectivity index (χ2v) is 7.06. The molecule has 3 aromatic rings. The fraction of sp³-hybridized carbons (Fsp3) is 0.238. The van der Waals surface area contributed by atoms with Gasteiger partial charge in [-0.15, -0.1) is 0 Å². The van der Waals surface area contributed by atoms with Crippen molar-refractivity contribution in [1.82, 2.24) is 14.8 Å². The standard InChI is InChI=1S/C21H25FN6O2/c1-13-10-15(18-11-14(2)27(4)25-18)8-9-20(13)30-12-16-17(22)6-5-7-19(16)28(24)21(29)26(3)23/h5-11H,12,23-24H2,1-4H3. The summed E-state index contributed by atoms with van der Waals surface area (Å²) in [5, 5.41) is 6.09. The third-order valence-electron chi connectivity index (χ3n) is 4.82. The summed E-state index contributed by atoms with van der Waals surface area (Å²) < 4.78 is 22.1. The van der Waals surface area contributed by atoms with Gasteiger partial charge in [0.1, 0.15) is 18.2 Å². The van der Waals surface area contributed by atoms with Gasteiger partial charge in [-0.3, -0.25) is 9.69 Å². The number of hydrogen-bond acceptors (Lipinski definition) is 5. The first-order valence-corrected chi connectivity index (χ1v) is 9.28. The quantitative estimate of drug-likeness (QED) is 0.381. The number of halogens is 1. The number of ether oxygens (including phenoxy) is 1. The molecule has 0 radical (unpaired) electrons. The molecular formula is C21H25FN6O2. The average molecular weight is 412 g/mol. The summed E-state index contributed by atoms with van der Waals surface area (Å²) in [6, 6.07) is 11.3. The highest BCUT2D eigenvalue weighted by molar-refractivity contribution is 5.91. The van der Waals surface area contributed by atoms with Crippen LogP contribution in [-0.2, 0) is 13.7 Å². The molecule has 2 aromatic carbocycles. The minimum absolute atomic E-state index is 0.111. The van der Waals surface area contributed by atoms with Gasteiger partial charge in [0.15, 0.2) is 0 Å². The molecule has 0 aliphatic carbocycles. The summed E-state index contributed by atoms with van der Waals surface area (Å²) >= 11 is 0. The van der Waals surface area contributed by atoms with E-state index in [0.717, 1.165) is 32.5 Å². The zero-order valence-corrected chi connectivity index (χ0v) is 17.4. The number of benzene rings is 2. The minimum atomic E-state index is -0.687. The summed E-state index contributed by atoms with van der Waals surface area (Å²) in [5.74, 6) is 11.3. The van der Waals surface area contributed by atoms with Crippen LogP contribution in [0.5, 0.6) is 5.75 Å². The van der Waals surface area contributed by atoms with Crippen molar-refractivity contribution >= 4 is 11.7 Å². The number of urea groups is 1. The number of hydrazine groups is 2. The molecule has 0 saturated heterocycles. The number of aryl methyl sites for hydroxylation is 3. The molecule has 4 N–H and O–H groups in total. The van der Waals surface area contributed by atoms with E-state index in [2.05, 4.69) is 5.10 Å². The molecule has 9 heteroatoms. The number of anilines is 1. The Labute approximate surface area is 174 Å². The molecule has 0 unspecified atom stereocenters. The highest BCUT2D eigenvalue weighted by atomic mass is 19.1. The highest BCUT2D eigenvalue weighted by Gasteiger charge is 2.20. The van der Waals surface area contributed by atoms with Crippen molar-refractivity contribution in [2.75, 3.05) is 12.1 Å². The minimum Gasteiger partial charge on any atom is -0.488 e. The van der Waals surface area contributed by atoms with Crippen molar-refractivity contribution in [2.45, 2.75) is 20.5 Å². The van der Waals surface area contributed by atoms with Gasteiger partial charge in [-0.25, -0.2) is 25.9 Å². The van der Waals surface area contributed by atoms with Crippen LogP contribution in [0.1, 0.15) is 16.8 Å². The van der Waals surface area contributed by atoms with E-state index in [1.165, 1.54) is 25.2 Å². The molecule has 30 heavy (non-hydrogen) atoms. The topological polar surface area (TPSA) is 103 Å². The summed E-state index contributed by atoms with van der Waals surface area (Å²) in [6.45, 7) is 3.78. The van der Waals surface area contributed by atoms with Crippen LogP contribution >= 0.6 is 0 Å². The number of nitrogens with two attached hydrogens (primary N) is 2. The maximum atomic E-state index is 14.5. The molecule has 2 amide bonds. The maximum absolute atomic E-state index is 14.5. The van der Waals surface area contributed by atoms with Gasteiger partial charge < -0.3 is 4.74 Å². The third kappa shape index (κ3) is 4.27. The van der Waals surface area contributed by atoms with Crippen molar-refractivity contribution < 1.29 is 13.9 Å². The number of aromatic nitrogens is 2. The number of carbonyl (C=O) groups is 1. The number of hydrogen-bond donors (Lipinski definition) is 2. The van der Waals surface area contributed by atoms with E-state index in [1.807, 2.05) is 49.8 Å². The molecule has 158 valence electrons. The van der Waals surface area contributed by atoms with Gasteiger partial charge in [-0.1, -0.05) is 6.07 Å². The molecule has 0 aliphatic heterocycles. The molecule has 0 fully saturated rings. The second-order valence-electron chi connectivity index (χ2n) is 7.06. The van der Waals surface area contributed by atoms with Gasteiger partial charge in [0.25, 0.3) is 0 Å². The molecule has 8 nitrogen and oxygen atoms in total. The third-order valence-corrected chi connectivity index (χ3v) is 4.82. The lowest BCUT2D eigenvalue weighted by Gasteiger charge is -2.23. The van der Waals surface area contributed by atoms with Gasteiger partial charge in [-0.2, -0.15) is 5.10 Å². The first-order chi connectivity index (χ1) is 14.2. The second kappa shape index (κ2) is 8.52. The summed E-state index contributed by atoms with van der Waals surface area (Å²) in [4.78, 5) is 12.1. The Kier molecular flexibility index (Phi) is 6.04. The molecule has 1 heterocycles. The van der Waals surface area contributed by atoms with Crippen LogP contribution in [0.3, 0.4) is 0 Å². The van der Waals surface area contributed by atoms with Crippen molar-refractivity contribution in [3.05, 3.63) is 65.1 Å². The van der Waals surface area contributed by atoms with Gasteiger partial charge in [-0.05, 0) is 55.8 Å². The Morgan fingerprint density at radius 1 is 1.20 bits per heavy atom. The summed E-state index contributed by atoms with van der Waals surface area (Å²) in [7, 11) is 3.24. The molecule has 3 rings (SSSR count). The number of carbonyl (C=O) groups excluding carboxylic acids is 1. The fourth-order valence-corrected chi connectivity index (χ4v) is 3.01.